The summed E-state index contributed by atoms with van der Waals surface area (Å²) in [5.74, 6) is -0.117. The van der Waals surface area contributed by atoms with Gasteiger partial charge in [0.2, 0.25) is 5.91 Å². The molecule has 0 unspecified atom stereocenters. The van der Waals surface area contributed by atoms with Crippen molar-refractivity contribution in [3.63, 3.8) is 0 Å². The van der Waals surface area contributed by atoms with Crippen LogP contribution >= 0.6 is 23.2 Å². The van der Waals surface area contributed by atoms with Crippen molar-refractivity contribution in [1.82, 2.24) is 4.90 Å². The van der Waals surface area contributed by atoms with E-state index in [1.165, 1.54) is 0 Å². The average molecular weight is 316 g/mol. The zero-order chi connectivity index (χ0) is 14.9. The molecule has 1 heterocycles. The van der Waals surface area contributed by atoms with Crippen LogP contribution < -0.4 is 11.1 Å². The lowest BCUT2D eigenvalue weighted by atomic mass is 10.0. The lowest BCUT2D eigenvalue weighted by Crippen LogP contribution is -2.43. The van der Waals surface area contributed by atoms with Crippen LogP contribution in [-0.2, 0) is 4.79 Å². The molecule has 0 radical (unpaired) electrons. The second kappa shape index (κ2) is 5.80. The van der Waals surface area contributed by atoms with Crippen molar-refractivity contribution in [2.75, 3.05) is 24.1 Å². The van der Waals surface area contributed by atoms with Crippen molar-refractivity contribution in [2.24, 2.45) is 0 Å². The molecule has 6 heteroatoms. The highest BCUT2D eigenvalue weighted by Gasteiger charge is 2.33. The van der Waals surface area contributed by atoms with Gasteiger partial charge in [-0.2, -0.15) is 0 Å². The monoisotopic (exact) mass is 315 g/mol. The number of rotatable bonds is 3. The Morgan fingerprint density at radius 1 is 1.40 bits per heavy atom. The first kappa shape index (κ1) is 15.4. The number of nitrogens with zero attached hydrogens (tertiary/aromatic N) is 1. The minimum atomic E-state index is -0.117. The summed E-state index contributed by atoms with van der Waals surface area (Å²) in [6, 6.07) is 3.14. The van der Waals surface area contributed by atoms with Crippen LogP contribution in [0, 0.1) is 0 Å². The van der Waals surface area contributed by atoms with E-state index >= 15 is 0 Å². The maximum Gasteiger partial charge on any atom is 0.238 e. The number of nitrogens with one attached hydrogen (secondary N) is 1. The van der Waals surface area contributed by atoms with E-state index in [2.05, 4.69) is 24.1 Å². The maximum absolute atomic E-state index is 12.1. The van der Waals surface area contributed by atoms with E-state index in [-0.39, 0.29) is 11.4 Å². The molecule has 0 bridgehead atoms. The van der Waals surface area contributed by atoms with Crippen molar-refractivity contribution >= 4 is 40.5 Å². The van der Waals surface area contributed by atoms with Crippen LogP contribution in [0.2, 0.25) is 10.0 Å². The van der Waals surface area contributed by atoms with Crippen molar-refractivity contribution < 1.29 is 4.79 Å². The van der Waals surface area contributed by atoms with Gasteiger partial charge in [-0.05, 0) is 45.4 Å². The average Bonchev–Trinajstić information content (AvgIpc) is 2.63. The van der Waals surface area contributed by atoms with Crippen molar-refractivity contribution in [3.05, 3.63) is 22.2 Å². The van der Waals surface area contributed by atoms with Gasteiger partial charge >= 0.3 is 0 Å². The number of carbonyl (C=O) groups is 1. The number of amides is 1. The van der Waals surface area contributed by atoms with Gasteiger partial charge in [0.15, 0.2) is 0 Å². The molecule has 1 aromatic rings. The number of hydrogen-bond donors (Lipinski definition) is 2. The highest BCUT2D eigenvalue weighted by atomic mass is 35.5. The normalized spacial score (nSPS) is 18.2. The predicted octanol–water partition coefficient (Wildman–Crippen LogP) is 3.39. The third kappa shape index (κ3) is 3.37. The van der Waals surface area contributed by atoms with Crippen LogP contribution in [0.3, 0.4) is 0 Å². The third-order valence-corrected chi connectivity index (χ3v) is 4.33. The van der Waals surface area contributed by atoms with Crippen molar-refractivity contribution in [2.45, 2.75) is 32.2 Å². The Kier molecular flexibility index (Phi) is 4.47. The standard InChI is InChI=1S/C14H19Cl2N3O/c1-14(2)4-3-5-19(14)8-12(20)18-13-10(15)6-9(17)7-11(13)16/h6-7H,3-5,8,17H2,1-2H3,(H,18,20). The van der Waals surface area contributed by atoms with Gasteiger partial charge in [0.05, 0.1) is 22.3 Å². The predicted molar refractivity (Wildman–Crippen MR) is 84.4 cm³/mol. The number of halogens is 2. The molecule has 1 saturated heterocycles. The molecule has 1 fully saturated rings. The molecule has 1 aliphatic heterocycles. The van der Waals surface area contributed by atoms with Gasteiger partial charge in [0, 0.05) is 11.2 Å². The summed E-state index contributed by atoms with van der Waals surface area (Å²) in [6.45, 7) is 5.57. The summed E-state index contributed by atoms with van der Waals surface area (Å²) in [4.78, 5) is 14.3. The Morgan fingerprint density at radius 3 is 2.50 bits per heavy atom. The molecule has 0 spiro atoms. The molecular formula is C14H19Cl2N3O. The van der Waals surface area contributed by atoms with Gasteiger partial charge in [-0.3, -0.25) is 9.69 Å². The smallest absolute Gasteiger partial charge is 0.238 e. The summed E-state index contributed by atoms with van der Waals surface area (Å²) in [5.41, 5.74) is 6.59. The van der Waals surface area contributed by atoms with Crippen LogP contribution in [0.1, 0.15) is 26.7 Å². The van der Waals surface area contributed by atoms with E-state index in [1.54, 1.807) is 12.1 Å². The Labute approximate surface area is 129 Å². The zero-order valence-corrected chi connectivity index (χ0v) is 13.2. The van der Waals surface area contributed by atoms with Crippen molar-refractivity contribution in [3.8, 4) is 0 Å². The van der Waals surface area contributed by atoms with Crippen LogP contribution in [0.25, 0.3) is 0 Å². The summed E-state index contributed by atoms with van der Waals surface area (Å²) in [5, 5.41) is 3.47. The largest absolute Gasteiger partial charge is 0.399 e. The number of hydrogen-bond acceptors (Lipinski definition) is 3. The SMILES string of the molecule is CC1(C)CCCN1CC(=O)Nc1c(Cl)cc(N)cc1Cl. The van der Waals surface area contributed by atoms with E-state index in [1.807, 2.05) is 0 Å². The first-order valence-corrected chi connectivity index (χ1v) is 7.34. The fraction of sp³-hybridized carbons (Fsp3) is 0.500. The van der Waals surface area contributed by atoms with Gasteiger partial charge in [0.25, 0.3) is 0 Å². The van der Waals surface area contributed by atoms with E-state index in [9.17, 15) is 4.79 Å². The minimum Gasteiger partial charge on any atom is -0.399 e. The molecule has 1 amide bonds. The lowest BCUT2D eigenvalue weighted by Gasteiger charge is -2.30. The maximum atomic E-state index is 12.1. The molecule has 4 nitrogen and oxygen atoms in total. The van der Waals surface area contributed by atoms with Crippen molar-refractivity contribution in [1.29, 1.82) is 0 Å². The van der Waals surface area contributed by atoms with Crippen LogP contribution in [0.15, 0.2) is 12.1 Å². The molecule has 2 rings (SSSR count). The van der Waals surface area contributed by atoms with Gasteiger partial charge < -0.3 is 11.1 Å². The summed E-state index contributed by atoms with van der Waals surface area (Å²) in [6.07, 6.45) is 2.22. The van der Waals surface area contributed by atoms with Gasteiger partial charge in [-0.1, -0.05) is 23.2 Å². The number of anilines is 2. The van der Waals surface area contributed by atoms with E-state index in [0.29, 0.717) is 28.0 Å². The van der Waals surface area contributed by atoms with Gasteiger partial charge in [-0.25, -0.2) is 0 Å². The number of nitrogens with two attached hydrogens (primary N) is 1. The van der Waals surface area contributed by atoms with E-state index in [0.717, 1.165) is 19.4 Å². The highest BCUT2D eigenvalue weighted by Crippen LogP contribution is 2.33. The number of carbonyl (C=O) groups excluding carboxylic acids is 1. The summed E-state index contributed by atoms with van der Waals surface area (Å²) in [7, 11) is 0. The topological polar surface area (TPSA) is 58.4 Å². The molecule has 0 aliphatic carbocycles. The van der Waals surface area contributed by atoms with E-state index in [4.69, 9.17) is 28.9 Å². The molecule has 20 heavy (non-hydrogen) atoms. The quantitative estimate of drug-likeness (QED) is 0.841. The molecular weight excluding hydrogens is 297 g/mol. The number of nitrogen functional groups attached to an aromatic ring is 1. The molecule has 0 aromatic heterocycles. The second-order valence-electron chi connectivity index (χ2n) is 5.75. The highest BCUT2D eigenvalue weighted by molar-refractivity contribution is 6.40. The Balaban J connectivity index is 2.06. The fourth-order valence-corrected chi connectivity index (χ4v) is 3.12. The Morgan fingerprint density at radius 2 is 2.00 bits per heavy atom. The molecule has 1 aromatic carbocycles. The third-order valence-electron chi connectivity index (χ3n) is 3.74. The van der Waals surface area contributed by atoms with E-state index < -0.39 is 0 Å². The molecule has 110 valence electrons. The van der Waals surface area contributed by atoms with Gasteiger partial charge in [-0.15, -0.1) is 0 Å². The lowest BCUT2D eigenvalue weighted by molar-refractivity contribution is -0.118. The Hall–Kier alpha value is -0.970. The molecule has 3 N–H and O–H groups in total. The van der Waals surface area contributed by atoms with Crippen LogP contribution in [-0.4, -0.2) is 29.4 Å². The molecule has 1 aliphatic rings. The molecule has 0 saturated carbocycles. The number of benzene rings is 1. The Bertz CT molecular complexity index is 508. The van der Waals surface area contributed by atoms with Gasteiger partial charge in [0.1, 0.15) is 0 Å². The van der Waals surface area contributed by atoms with Crippen LogP contribution in [0.4, 0.5) is 11.4 Å². The van der Waals surface area contributed by atoms with Crippen LogP contribution in [0.5, 0.6) is 0 Å². The first-order chi connectivity index (χ1) is 9.29. The molecule has 0 atom stereocenters. The fourth-order valence-electron chi connectivity index (χ4n) is 2.52. The first-order valence-electron chi connectivity index (χ1n) is 6.59. The zero-order valence-electron chi connectivity index (χ0n) is 11.7. The number of likely N-dealkylation sites (tertiary alicyclic amines) is 1. The summed E-state index contributed by atoms with van der Waals surface area (Å²) < 4.78 is 0. The summed E-state index contributed by atoms with van der Waals surface area (Å²) >= 11 is 12.1. The second-order valence-corrected chi connectivity index (χ2v) is 6.56. The minimum absolute atomic E-state index is 0.0616.